The molecule has 3 N–H and O–H groups in total. The summed E-state index contributed by atoms with van der Waals surface area (Å²) >= 11 is 4.32. The fourth-order valence-electron chi connectivity index (χ4n) is 1.30. The quantitative estimate of drug-likeness (QED) is 0.525. The summed E-state index contributed by atoms with van der Waals surface area (Å²) in [5.74, 6) is 1.04. The minimum atomic E-state index is -5.56. The first-order valence-corrected chi connectivity index (χ1v) is 8.67. The number of aliphatic hydroxyl groups excluding tert-OH is 1. The summed E-state index contributed by atoms with van der Waals surface area (Å²) < 4.78 is 37.8. The zero-order chi connectivity index (χ0) is 14.7. The van der Waals surface area contributed by atoms with Crippen molar-refractivity contribution in [3.05, 3.63) is 33.8 Å². The summed E-state index contributed by atoms with van der Waals surface area (Å²) in [4.78, 5) is 17.3. The molecule has 0 aliphatic heterocycles. The minimum Gasteiger partial charge on any atom is -0.396 e. The molecular formula is C10H12BrF2O4PS. The van der Waals surface area contributed by atoms with Crippen molar-refractivity contribution in [3.63, 3.8) is 0 Å². The van der Waals surface area contributed by atoms with Crippen LogP contribution in [-0.4, -0.2) is 27.3 Å². The Morgan fingerprint density at radius 2 is 2.00 bits per heavy atom. The first-order chi connectivity index (χ1) is 8.70. The third-order valence-corrected chi connectivity index (χ3v) is 4.87. The van der Waals surface area contributed by atoms with E-state index in [0.717, 1.165) is 11.6 Å². The van der Waals surface area contributed by atoms with Gasteiger partial charge >= 0.3 is 13.3 Å². The summed E-state index contributed by atoms with van der Waals surface area (Å²) in [6, 6.07) is 3.77. The standard InChI is InChI=1S/C10H12BrF2O4PS/c11-9-5-7(6-19-4-3-14)1-2-8(9)10(12,13)18(15,16)17/h1-2,5,14H,3-4,6H2,(H2,15,16,17). The van der Waals surface area contributed by atoms with Crippen LogP contribution < -0.4 is 0 Å². The molecule has 0 aromatic heterocycles. The Morgan fingerprint density at radius 1 is 1.37 bits per heavy atom. The lowest BCUT2D eigenvalue weighted by atomic mass is 10.1. The summed E-state index contributed by atoms with van der Waals surface area (Å²) in [6.45, 7) is 0.0280. The van der Waals surface area contributed by atoms with Crippen LogP contribution in [0.5, 0.6) is 0 Å². The number of benzene rings is 1. The SMILES string of the molecule is O=P(O)(O)C(F)(F)c1ccc(CSCCO)cc1Br. The van der Waals surface area contributed by atoms with Crippen LogP contribution in [-0.2, 0) is 16.0 Å². The maximum absolute atomic E-state index is 13.5. The first kappa shape index (κ1) is 17.1. The summed E-state index contributed by atoms with van der Waals surface area (Å²) in [5.41, 5.74) is -4.24. The first-order valence-electron chi connectivity index (χ1n) is 5.11. The topological polar surface area (TPSA) is 77.8 Å². The van der Waals surface area contributed by atoms with Crippen LogP contribution in [0.15, 0.2) is 22.7 Å². The largest absolute Gasteiger partial charge is 0.399 e. The van der Waals surface area contributed by atoms with Gasteiger partial charge in [0.2, 0.25) is 0 Å². The predicted octanol–water partition coefficient (Wildman–Crippen LogP) is 2.90. The Balaban J connectivity index is 2.98. The molecule has 0 aliphatic rings. The van der Waals surface area contributed by atoms with Gasteiger partial charge in [-0.25, -0.2) is 0 Å². The van der Waals surface area contributed by atoms with Crippen LogP contribution in [0.3, 0.4) is 0 Å². The zero-order valence-electron chi connectivity index (χ0n) is 9.59. The Hall–Kier alpha value is 0.0200. The second kappa shape index (κ2) is 6.65. The number of aliphatic hydroxyl groups is 1. The molecule has 19 heavy (non-hydrogen) atoms. The highest BCUT2D eigenvalue weighted by Gasteiger charge is 2.51. The third-order valence-electron chi connectivity index (χ3n) is 2.23. The molecule has 0 saturated heterocycles. The van der Waals surface area contributed by atoms with Crippen molar-refractivity contribution in [3.8, 4) is 0 Å². The number of rotatable bonds is 6. The van der Waals surface area contributed by atoms with Gasteiger partial charge in [-0.3, -0.25) is 4.57 Å². The fourth-order valence-corrected chi connectivity index (χ4v) is 3.33. The fraction of sp³-hybridized carbons (Fsp3) is 0.400. The molecule has 108 valence electrons. The minimum absolute atomic E-state index is 0.0280. The lowest BCUT2D eigenvalue weighted by Crippen LogP contribution is -2.14. The van der Waals surface area contributed by atoms with E-state index >= 15 is 0 Å². The number of halogens is 3. The maximum Gasteiger partial charge on any atom is 0.399 e. The van der Waals surface area contributed by atoms with Crippen LogP contribution in [0.2, 0.25) is 0 Å². The van der Waals surface area contributed by atoms with Crippen LogP contribution in [0.25, 0.3) is 0 Å². The van der Waals surface area contributed by atoms with Crippen molar-refractivity contribution in [1.82, 2.24) is 0 Å². The molecule has 0 spiro atoms. The van der Waals surface area contributed by atoms with Gasteiger partial charge in [-0.2, -0.15) is 20.5 Å². The average molecular weight is 377 g/mol. The molecule has 1 rings (SSSR count). The molecule has 0 aliphatic carbocycles. The van der Waals surface area contributed by atoms with Crippen LogP contribution in [0, 0.1) is 0 Å². The number of thioether (sulfide) groups is 1. The lowest BCUT2D eigenvalue weighted by Gasteiger charge is -2.19. The Morgan fingerprint density at radius 3 is 2.47 bits per heavy atom. The zero-order valence-corrected chi connectivity index (χ0v) is 12.9. The van der Waals surface area contributed by atoms with Gasteiger partial charge in [0, 0.05) is 21.5 Å². The van der Waals surface area contributed by atoms with Crippen LogP contribution >= 0.6 is 35.3 Å². The van der Waals surface area contributed by atoms with E-state index in [1.807, 2.05) is 0 Å². The van der Waals surface area contributed by atoms with E-state index in [-0.39, 0.29) is 11.1 Å². The van der Waals surface area contributed by atoms with E-state index in [2.05, 4.69) is 15.9 Å². The van der Waals surface area contributed by atoms with Gasteiger partial charge in [-0.15, -0.1) is 0 Å². The lowest BCUT2D eigenvalue weighted by molar-refractivity contribution is 0.0557. The van der Waals surface area contributed by atoms with E-state index in [4.69, 9.17) is 14.9 Å². The van der Waals surface area contributed by atoms with E-state index in [9.17, 15) is 13.3 Å². The normalized spacial score (nSPS) is 12.7. The second-order valence-electron chi connectivity index (χ2n) is 3.68. The third kappa shape index (κ3) is 4.24. The van der Waals surface area contributed by atoms with Gasteiger partial charge in [-0.05, 0) is 11.6 Å². The molecule has 0 heterocycles. The van der Waals surface area contributed by atoms with Crippen molar-refractivity contribution < 1.29 is 28.2 Å². The highest BCUT2D eigenvalue weighted by Crippen LogP contribution is 2.60. The van der Waals surface area contributed by atoms with Gasteiger partial charge in [0.25, 0.3) is 0 Å². The van der Waals surface area contributed by atoms with Crippen LogP contribution in [0.1, 0.15) is 11.1 Å². The van der Waals surface area contributed by atoms with E-state index in [1.165, 1.54) is 23.9 Å². The monoisotopic (exact) mass is 376 g/mol. The Kier molecular flexibility index (Phi) is 5.97. The van der Waals surface area contributed by atoms with Gasteiger partial charge in [0.15, 0.2) is 0 Å². The van der Waals surface area contributed by atoms with Gasteiger partial charge < -0.3 is 14.9 Å². The number of hydrogen-bond donors (Lipinski definition) is 3. The van der Waals surface area contributed by atoms with Gasteiger partial charge in [0.05, 0.1) is 6.61 Å². The molecule has 0 amide bonds. The second-order valence-corrected chi connectivity index (χ2v) is 7.28. The Bertz CT molecular complexity index is 494. The molecular weight excluding hydrogens is 365 g/mol. The van der Waals surface area contributed by atoms with Crippen molar-refractivity contribution >= 4 is 35.3 Å². The number of hydrogen-bond acceptors (Lipinski definition) is 3. The van der Waals surface area contributed by atoms with Gasteiger partial charge in [-0.1, -0.05) is 28.1 Å². The smallest absolute Gasteiger partial charge is 0.396 e. The van der Waals surface area contributed by atoms with Crippen LogP contribution in [0.4, 0.5) is 8.78 Å². The van der Waals surface area contributed by atoms with Crippen molar-refractivity contribution in [2.24, 2.45) is 0 Å². The molecule has 0 fully saturated rings. The highest BCUT2D eigenvalue weighted by atomic mass is 79.9. The molecule has 0 bridgehead atoms. The summed E-state index contributed by atoms with van der Waals surface area (Å²) in [5, 5.41) is 8.62. The van der Waals surface area contributed by atoms with E-state index in [0.29, 0.717) is 11.5 Å². The predicted molar refractivity (Wildman–Crippen MR) is 73.3 cm³/mol. The summed E-state index contributed by atoms with van der Waals surface area (Å²) in [6.07, 6.45) is 0. The molecule has 9 heteroatoms. The molecule has 0 unspecified atom stereocenters. The molecule has 0 radical (unpaired) electrons. The summed E-state index contributed by atoms with van der Waals surface area (Å²) in [7, 11) is -5.56. The average Bonchev–Trinajstić information content (AvgIpc) is 2.27. The highest BCUT2D eigenvalue weighted by molar-refractivity contribution is 9.10. The van der Waals surface area contributed by atoms with E-state index in [1.54, 1.807) is 0 Å². The maximum atomic E-state index is 13.5. The van der Waals surface area contributed by atoms with Crippen molar-refractivity contribution in [2.75, 3.05) is 12.4 Å². The molecule has 4 nitrogen and oxygen atoms in total. The van der Waals surface area contributed by atoms with Crippen molar-refractivity contribution in [1.29, 1.82) is 0 Å². The molecule has 0 saturated carbocycles. The molecule has 0 atom stereocenters. The molecule has 1 aromatic carbocycles. The van der Waals surface area contributed by atoms with E-state index < -0.39 is 18.8 Å². The molecule has 1 aromatic rings. The van der Waals surface area contributed by atoms with Gasteiger partial charge in [0.1, 0.15) is 0 Å². The Labute approximate surface area is 121 Å². The number of alkyl halides is 2. The van der Waals surface area contributed by atoms with Crippen molar-refractivity contribution in [2.45, 2.75) is 11.4 Å².